The van der Waals surface area contributed by atoms with Crippen LogP contribution in [-0.4, -0.2) is 8.07 Å². The van der Waals surface area contributed by atoms with E-state index in [1.54, 1.807) is 5.19 Å². The standard InChI is InChI=1S/C12H18Br2Si/c1-7-10(13)8(2)12(15(4,5)6)9(3)11(7)14/h1-6H3. The molecule has 0 unspecified atom stereocenters. The lowest BCUT2D eigenvalue weighted by atomic mass is 10.1. The highest BCUT2D eigenvalue weighted by Gasteiger charge is 2.24. The normalized spacial score (nSPS) is 12.0. The molecule has 0 aliphatic heterocycles. The number of hydrogen-bond donors (Lipinski definition) is 0. The maximum absolute atomic E-state index is 3.70. The molecule has 0 saturated heterocycles. The third kappa shape index (κ3) is 2.39. The van der Waals surface area contributed by atoms with E-state index in [9.17, 15) is 0 Å². The molecule has 0 radical (unpaired) electrons. The molecule has 0 aliphatic carbocycles. The molecule has 0 fully saturated rings. The molecule has 0 spiro atoms. The van der Waals surface area contributed by atoms with Crippen LogP contribution in [0.5, 0.6) is 0 Å². The van der Waals surface area contributed by atoms with Gasteiger partial charge in [0.05, 0.1) is 8.07 Å². The monoisotopic (exact) mass is 348 g/mol. The average molecular weight is 350 g/mol. The molecule has 1 aromatic rings. The van der Waals surface area contributed by atoms with Crippen molar-refractivity contribution in [3.8, 4) is 0 Å². The van der Waals surface area contributed by atoms with Crippen LogP contribution in [0.1, 0.15) is 16.7 Å². The molecule has 1 rings (SSSR count). The fourth-order valence-electron chi connectivity index (χ4n) is 2.28. The molecule has 0 aromatic heterocycles. The quantitative estimate of drug-likeness (QED) is 0.645. The van der Waals surface area contributed by atoms with Gasteiger partial charge in [0, 0.05) is 8.95 Å². The van der Waals surface area contributed by atoms with Crippen molar-refractivity contribution in [2.75, 3.05) is 0 Å². The van der Waals surface area contributed by atoms with E-state index in [4.69, 9.17) is 0 Å². The molecule has 0 N–H and O–H groups in total. The number of benzene rings is 1. The molecule has 0 aliphatic rings. The van der Waals surface area contributed by atoms with E-state index in [1.165, 1.54) is 25.6 Å². The molecular formula is C12H18Br2Si. The van der Waals surface area contributed by atoms with Crippen LogP contribution >= 0.6 is 31.9 Å². The Kier molecular flexibility index (Phi) is 3.90. The Labute approximate surface area is 111 Å². The largest absolute Gasteiger partial charge is 0.0783 e. The van der Waals surface area contributed by atoms with Gasteiger partial charge >= 0.3 is 0 Å². The summed E-state index contributed by atoms with van der Waals surface area (Å²) >= 11 is 7.40. The maximum atomic E-state index is 3.70. The van der Waals surface area contributed by atoms with Crippen LogP contribution in [0.2, 0.25) is 19.6 Å². The van der Waals surface area contributed by atoms with Gasteiger partial charge < -0.3 is 0 Å². The van der Waals surface area contributed by atoms with Gasteiger partial charge in [0.2, 0.25) is 0 Å². The van der Waals surface area contributed by atoms with Gasteiger partial charge in [0.15, 0.2) is 0 Å². The summed E-state index contributed by atoms with van der Waals surface area (Å²) in [6, 6.07) is 0. The van der Waals surface area contributed by atoms with Crippen LogP contribution in [-0.2, 0) is 0 Å². The maximum Gasteiger partial charge on any atom is 0.0783 e. The predicted molar refractivity (Wildman–Crippen MR) is 79.0 cm³/mol. The lowest BCUT2D eigenvalue weighted by molar-refractivity contribution is 1.28. The lowest BCUT2D eigenvalue weighted by Gasteiger charge is -2.25. The minimum atomic E-state index is -1.27. The fourth-order valence-corrected chi connectivity index (χ4v) is 6.21. The first-order chi connectivity index (χ1) is 6.68. The highest BCUT2D eigenvalue weighted by Crippen LogP contribution is 2.31. The molecule has 0 nitrogen and oxygen atoms in total. The van der Waals surface area contributed by atoms with Crippen LogP contribution in [0.3, 0.4) is 0 Å². The van der Waals surface area contributed by atoms with E-state index in [0.29, 0.717) is 0 Å². The predicted octanol–water partition coefficient (Wildman–Crippen LogP) is 4.68. The number of halogens is 2. The van der Waals surface area contributed by atoms with E-state index in [1.807, 2.05) is 0 Å². The smallest absolute Gasteiger partial charge is 0.0656 e. The first kappa shape index (κ1) is 13.5. The Morgan fingerprint density at radius 1 is 0.733 bits per heavy atom. The van der Waals surface area contributed by atoms with Gasteiger partial charge in [-0.25, -0.2) is 0 Å². The molecule has 15 heavy (non-hydrogen) atoms. The van der Waals surface area contributed by atoms with Crippen molar-refractivity contribution in [1.29, 1.82) is 0 Å². The summed E-state index contributed by atoms with van der Waals surface area (Å²) in [7, 11) is -1.27. The molecule has 0 bridgehead atoms. The molecule has 0 heterocycles. The Balaban J connectivity index is 3.68. The van der Waals surface area contributed by atoms with Crippen molar-refractivity contribution in [3.63, 3.8) is 0 Å². The van der Waals surface area contributed by atoms with Crippen LogP contribution < -0.4 is 5.19 Å². The average Bonchev–Trinajstić information content (AvgIpc) is 2.09. The van der Waals surface area contributed by atoms with Crippen molar-refractivity contribution >= 4 is 45.1 Å². The van der Waals surface area contributed by atoms with Gasteiger partial charge in [-0.3, -0.25) is 0 Å². The summed E-state index contributed by atoms with van der Waals surface area (Å²) in [5.41, 5.74) is 4.16. The summed E-state index contributed by atoms with van der Waals surface area (Å²) in [4.78, 5) is 0. The lowest BCUT2D eigenvalue weighted by Crippen LogP contribution is -2.42. The summed E-state index contributed by atoms with van der Waals surface area (Å²) < 4.78 is 2.52. The summed E-state index contributed by atoms with van der Waals surface area (Å²) in [6.07, 6.45) is 0. The van der Waals surface area contributed by atoms with E-state index >= 15 is 0 Å². The molecule has 1 aromatic carbocycles. The Morgan fingerprint density at radius 3 is 1.33 bits per heavy atom. The minimum absolute atomic E-state index is 1.26. The topological polar surface area (TPSA) is 0 Å². The number of hydrogen-bond acceptors (Lipinski definition) is 0. The van der Waals surface area contributed by atoms with E-state index < -0.39 is 8.07 Å². The van der Waals surface area contributed by atoms with Crippen LogP contribution in [0, 0.1) is 20.8 Å². The Bertz CT molecular complexity index is 374. The van der Waals surface area contributed by atoms with E-state index in [2.05, 4.69) is 72.3 Å². The SMILES string of the molecule is Cc1c(Br)c(C)c([Si](C)(C)C)c(C)c1Br. The molecule has 84 valence electrons. The third-order valence-corrected chi connectivity index (χ3v) is 7.45. The third-order valence-electron chi connectivity index (χ3n) is 2.82. The van der Waals surface area contributed by atoms with Crippen molar-refractivity contribution in [2.45, 2.75) is 40.4 Å². The second-order valence-corrected chi connectivity index (χ2v) is 11.7. The highest BCUT2D eigenvalue weighted by atomic mass is 79.9. The van der Waals surface area contributed by atoms with Crippen molar-refractivity contribution in [1.82, 2.24) is 0 Å². The molecule has 0 saturated carbocycles. The summed E-state index contributed by atoms with van der Waals surface area (Å²) in [5.74, 6) is 0. The van der Waals surface area contributed by atoms with Gasteiger partial charge in [0.1, 0.15) is 0 Å². The van der Waals surface area contributed by atoms with Crippen LogP contribution in [0.15, 0.2) is 8.95 Å². The van der Waals surface area contributed by atoms with Gasteiger partial charge in [-0.15, -0.1) is 0 Å². The molecule has 0 amide bonds. The zero-order chi connectivity index (χ0) is 12.0. The minimum Gasteiger partial charge on any atom is -0.0656 e. The zero-order valence-corrected chi connectivity index (χ0v) is 14.4. The second kappa shape index (κ2) is 4.34. The zero-order valence-electron chi connectivity index (χ0n) is 10.3. The molecule has 0 atom stereocenters. The van der Waals surface area contributed by atoms with Crippen LogP contribution in [0.25, 0.3) is 0 Å². The molecular weight excluding hydrogens is 332 g/mol. The highest BCUT2D eigenvalue weighted by molar-refractivity contribution is 9.11. The van der Waals surface area contributed by atoms with Gasteiger partial charge in [-0.1, -0.05) is 56.7 Å². The fraction of sp³-hybridized carbons (Fsp3) is 0.500. The summed E-state index contributed by atoms with van der Waals surface area (Å²) in [5, 5.41) is 1.58. The van der Waals surface area contributed by atoms with E-state index in [0.717, 1.165) is 0 Å². The van der Waals surface area contributed by atoms with Crippen molar-refractivity contribution < 1.29 is 0 Å². The van der Waals surface area contributed by atoms with Crippen molar-refractivity contribution in [2.24, 2.45) is 0 Å². The van der Waals surface area contributed by atoms with Gasteiger partial charge in [0.25, 0.3) is 0 Å². The first-order valence-corrected chi connectivity index (χ1v) is 10.2. The van der Waals surface area contributed by atoms with Gasteiger partial charge in [-0.2, -0.15) is 0 Å². The summed E-state index contributed by atoms with van der Waals surface area (Å²) in [6.45, 7) is 13.8. The Hall–Kier alpha value is 0.397. The van der Waals surface area contributed by atoms with Crippen LogP contribution in [0.4, 0.5) is 0 Å². The molecule has 3 heteroatoms. The van der Waals surface area contributed by atoms with E-state index in [-0.39, 0.29) is 0 Å². The number of rotatable bonds is 1. The second-order valence-electron chi connectivity index (χ2n) is 5.13. The van der Waals surface area contributed by atoms with Gasteiger partial charge in [-0.05, 0) is 37.5 Å². The van der Waals surface area contributed by atoms with Crippen molar-refractivity contribution in [3.05, 3.63) is 25.6 Å². The Morgan fingerprint density at radius 2 is 1.07 bits per heavy atom. The first-order valence-electron chi connectivity index (χ1n) is 5.13.